The Balaban J connectivity index is 2.08. The number of benzene rings is 2. The van der Waals surface area contributed by atoms with Gasteiger partial charge >= 0.3 is 11.9 Å². The molecule has 168 valence electrons. The van der Waals surface area contributed by atoms with Gasteiger partial charge in [0.15, 0.2) is 23.0 Å². The molecule has 0 aliphatic carbocycles. The zero-order valence-corrected chi connectivity index (χ0v) is 18.5. The van der Waals surface area contributed by atoms with Crippen LogP contribution in [0, 0.1) is 11.3 Å². The quantitative estimate of drug-likeness (QED) is 0.239. The largest absolute Gasteiger partial charge is 0.493 e. The molecule has 0 heterocycles. The minimum Gasteiger partial charge on any atom is -0.493 e. The fourth-order valence-electron chi connectivity index (χ4n) is 2.83. The summed E-state index contributed by atoms with van der Waals surface area (Å²) < 4.78 is 26.1. The van der Waals surface area contributed by atoms with Gasteiger partial charge in [-0.2, -0.15) is 5.26 Å². The fourth-order valence-corrected chi connectivity index (χ4v) is 2.83. The number of nitriles is 1. The summed E-state index contributed by atoms with van der Waals surface area (Å²) in [5, 5.41) is 9.17. The number of aryl methyl sites for hydroxylation is 1. The molecule has 0 atom stereocenters. The molecule has 8 nitrogen and oxygen atoms in total. The van der Waals surface area contributed by atoms with Crippen molar-refractivity contribution in [3.05, 3.63) is 53.1 Å². The molecule has 0 bridgehead atoms. The molecule has 0 aliphatic heterocycles. The lowest BCUT2D eigenvalue weighted by Crippen LogP contribution is -2.10. The van der Waals surface area contributed by atoms with Crippen LogP contribution in [-0.4, -0.2) is 39.9 Å². The summed E-state index contributed by atoms with van der Waals surface area (Å²) >= 11 is 0. The molecule has 0 radical (unpaired) electrons. The Morgan fingerprint density at radius 1 is 0.938 bits per heavy atom. The average Bonchev–Trinajstić information content (AvgIpc) is 2.81. The first-order valence-electron chi connectivity index (χ1n) is 9.84. The number of hydrogen-bond donors (Lipinski definition) is 0. The molecule has 0 spiro atoms. The van der Waals surface area contributed by atoms with E-state index in [0.717, 1.165) is 5.56 Å². The highest BCUT2D eigenvalue weighted by atomic mass is 16.6. The van der Waals surface area contributed by atoms with Gasteiger partial charge in [-0.05, 0) is 54.8 Å². The number of nitrogens with zero attached hydrogens (tertiary/aromatic N) is 1. The Bertz CT molecular complexity index is 1040. The molecule has 32 heavy (non-hydrogen) atoms. The second-order valence-corrected chi connectivity index (χ2v) is 6.46. The zero-order valence-electron chi connectivity index (χ0n) is 18.5. The van der Waals surface area contributed by atoms with Crippen LogP contribution in [0.4, 0.5) is 0 Å². The Labute approximate surface area is 186 Å². The average molecular weight is 439 g/mol. The van der Waals surface area contributed by atoms with E-state index >= 15 is 0 Å². The van der Waals surface area contributed by atoms with Crippen molar-refractivity contribution >= 4 is 18.0 Å². The molecule has 0 aliphatic rings. The van der Waals surface area contributed by atoms with Crippen LogP contribution in [0.3, 0.4) is 0 Å². The number of ether oxygens (including phenoxy) is 5. The van der Waals surface area contributed by atoms with E-state index in [0.29, 0.717) is 29.2 Å². The molecule has 8 heteroatoms. The summed E-state index contributed by atoms with van der Waals surface area (Å²) in [6.45, 7) is 1.82. The summed E-state index contributed by atoms with van der Waals surface area (Å²) in [6, 6.07) is 12.0. The first-order valence-corrected chi connectivity index (χ1v) is 9.84. The van der Waals surface area contributed by atoms with E-state index in [2.05, 4.69) is 0 Å². The van der Waals surface area contributed by atoms with Crippen LogP contribution in [0.25, 0.3) is 6.08 Å². The first-order chi connectivity index (χ1) is 15.4. The lowest BCUT2D eigenvalue weighted by Gasteiger charge is -2.11. The van der Waals surface area contributed by atoms with Crippen LogP contribution < -0.4 is 18.9 Å². The van der Waals surface area contributed by atoms with Crippen LogP contribution >= 0.6 is 0 Å². The minimum atomic E-state index is -0.709. The number of rotatable bonds is 10. The predicted octanol–water partition coefficient (Wildman–Crippen LogP) is 3.72. The maximum atomic E-state index is 12.4. The van der Waals surface area contributed by atoms with Crippen LogP contribution in [0.1, 0.15) is 24.5 Å². The Morgan fingerprint density at radius 2 is 1.59 bits per heavy atom. The molecular weight excluding hydrogens is 414 g/mol. The van der Waals surface area contributed by atoms with Crippen molar-refractivity contribution < 1.29 is 33.3 Å². The molecule has 2 rings (SSSR count). The predicted molar refractivity (Wildman–Crippen MR) is 117 cm³/mol. The molecule has 0 amide bonds. The second-order valence-electron chi connectivity index (χ2n) is 6.46. The standard InChI is InChI=1S/C24H25NO7/c1-5-31-24(27)18(15-25)12-17-7-10-20(22(14-17)30-4)32-23(26)11-8-16-6-9-19(28-2)21(13-16)29-3/h6-7,9-10,12-14H,5,8,11H2,1-4H3/b18-12+. The SMILES string of the molecule is CCOC(=O)/C(C#N)=C/c1ccc(OC(=O)CCc2ccc(OC)c(OC)c2)c(OC)c1. The Hall–Kier alpha value is -3.99. The lowest BCUT2D eigenvalue weighted by molar-refractivity contribution is -0.138. The van der Waals surface area contributed by atoms with Crippen LogP contribution in [0.5, 0.6) is 23.0 Å². The minimum absolute atomic E-state index is 0.141. The third-order valence-electron chi connectivity index (χ3n) is 4.40. The van der Waals surface area contributed by atoms with Crippen molar-refractivity contribution in [3.63, 3.8) is 0 Å². The van der Waals surface area contributed by atoms with Crippen molar-refractivity contribution in [2.45, 2.75) is 19.8 Å². The van der Waals surface area contributed by atoms with Gasteiger partial charge in [-0.3, -0.25) is 4.79 Å². The van der Waals surface area contributed by atoms with Crippen molar-refractivity contribution in [3.8, 4) is 29.1 Å². The van der Waals surface area contributed by atoms with Gasteiger partial charge in [-0.25, -0.2) is 4.79 Å². The zero-order chi connectivity index (χ0) is 23.5. The molecule has 0 saturated heterocycles. The third kappa shape index (κ3) is 6.51. The number of methoxy groups -OCH3 is 3. The molecule has 2 aromatic rings. The molecule has 2 aromatic carbocycles. The van der Waals surface area contributed by atoms with Gasteiger partial charge in [0.1, 0.15) is 11.6 Å². The molecule has 0 fully saturated rings. The first kappa shape index (κ1) is 24.3. The van der Waals surface area contributed by atoms with E-state index in [4.69, 9.17) is 28.9 Å². The van der Waals surface area contributed by atoms with Crippen molar-refractivity contribution in [2.75, 3.05) is 27.9 Å². The van der Waals surface area contributed by atoms with Crippen molar-refractivity contribution in [1.29, 1.82) is 5.26 Å². The number of carbonyl (C=O) groups excluding carboxylic acids is 2. The van der Waals surface area contributed by atoms with Crippen LogP contribution in [0.15, 0.2) is 42.0 Å². The van der Waals surface area contributed by atoms with Gasteiger partial charge in [0.25, 0.3) is 0 Å². The van der Waals surface area contributed by atoms with Gasteiger partial charge in [0.2, 0.25) is 0 Å². The second kappa shape index (κ2) is 12.0. The molecule has 0 saturated carbocycles. The van der Waals surface area contributed by atoms with Crippen molar-refractivity contribution in [1.82, 2.24) is 0 Å². The highest BCUT2D eigenvalue weighted by molar-refractivity contribution is 5.98. The highest BCUT2D eigenvalue weighted by Crippen LogP contribution is 2.30. The summed E-state index contributed by atoms with van der Waals surface area (Å²) in [5.74, 6) is 0.574. The number of hydrogen-bond acceptors (Lipinski definition) is 8. The monoisotopic (exact) mass is 439 g/mol. The van der Waals surface area contributed by atoms with E-state index in [9.17, 15) is 9.59 Å². The van der Waals surface area contributed by atoms with Gasteiger partial charge in [-0.15, -0.1) is 0 Å². The highest BCUT2D eigenvalue weighted by Gasteiger charge is 2.14. The van der Waals surface area contributed by atoms with Gasteiger partial charge < -0.3 is 23.7 Å². The fraction of sp³-hybridized carbons (Fsp3) is 0.292. The number of esters is 2. The van der Waals surface area contributed by atoms with Gasteiger partial charge in [0.05, 0.1) is 27.9 Å². The molecule has 0 N–H and O–H groups in total. The summed E-state index contributed by atoms with van der Waals surface area (Å²) in [4.78, 5) is 24.1. The third-order valence-corrected chi connectivity index (χ3v) is 4.40. The maximum Gasteiger partial charge on any atom is 0.348 e. The van der Waals surface area contributed by atoms with E-state index in [1.165, 1.54) is 13.2 Å². The van der Waals surface area contributed by atoms with E-state index < -0.39 is 11.9 Å². The van der Waals surface area contributed by atoms with Gasteiger partial charge in [-0.1, -0.05) is 12.1 Å². The maximum absolute atomic E-state index is 12.4. The smallest absolute Gasteiger partial charge is 0.348 e. The Kier molecular flexibility index (Phi) is 9.11. The van der Waals surface area contributed by atoms with E-state index in [1.54, 1.807) is 45.4 Å². The van der Waals surface area contributed by atoms with Crippen LogP contribution in [-0.2, 0) is 20.7 Å². The summed E-state index contributed by atoms with van der Waals surface area (Å²) in [5.41, 5.74) is 1.28. The summed E-state index contributed by atoms with van der Waals surface area (Å²) in [7, 11) is 4.54. The van der Waals surface area contributed by atoms with E-state index in [-0.39, 0.29) is 24.4 Å². The number of carbonyl (C=O) groups is 2. The molecular formula is C24H25NO7. The van der Waals surface area contributed by atoms with E-state index in [1.807, 2.05) is 18.2 Å². The van der Waals surface area contributed by atoms with Crippen LogP contribution in [0.2, 0.25) is 0 Å². The summed E-state index contributed by atoms with van der Waals surface area (Å²) in [6.07, 6.45) is 1.97. The Morgan fingerprint density at radius 3 is 2.22 bits per heavy atom. The lowest BCUT2D eigenvalue weighted by atomic mass is 10.1. The molecule has 0 aromatic heterocycles. The normalized spacial score (nSPS) is 10.7. The van der Waals surface area contributed by atoms with Gasteiger partial charge in [0, 0.05) is 6.42 Å². The van der Waals surface area contributed by atoms with Crippen molar-refractivity contribution in [2.24, 2.45) is 0 Å². The molecule has 0 unspecified atom stereocenters. The topological polar surface area (TPSA) is 104 Å².